The summed E-state index contributed by atoms with van der Waals surface area (Å²) in [5.74, 6) is -1.19. The van der Waals surface area contributed by atoms with Crippen LogP contribution in [0.25, 0.3) is 0 Å². The van der Waals surface area contributed by atoms with Crippen molar-refractivity contribution in [3.8, 4) is 6.07 Å². The maximum absolute atomic E-state index is 12.1. The Morgan fingerprint density at radius 1 is 1.17 bits per heavy atom. The van der Waals surface area contributed by atoms with Crippen LogP contribution in [0.2, 0.25) is 5.02 Å². The second-order valence-electron chi connectivity index (χ2n) is 7.04. The van der Waals surface area contributed by atoms with E-state index in [-0.39, 0.29) is 11.3 Å². The fourth-order valence-corrected chi connectivity index (χ4v) is 3.48. The number of pyridine rings is 1. The molecule has 0 saturated carbocycles. The van der Waals surface area contributed by atoms with Gasteiger partial charge in [0.1, 0.15) is 6.07 Å². The molecule has 1 saturated heterocycles. The molecule has 150 valence electrons. The van der Waals surface area contributed by atoms with Crippen molar-refractivity contribution in [1.29, 1.82) is 5.26 Å². The molecule has 0 unspecified atom stereocenters. The van der Waals surface area contributed by atoms with Gasteiger partial charge in [-0.2, -0.15) is 5.26 Å². The first-order chi connectivity index (χ1) is 14.0. The molecule has 0 aliphatic carbocycles. The maximum atomic E-state index is 12.1. The zero-order valence-corrected chi connectivity index (χ0v) is 16.7. The monoisotopic (exact) mass is 411 g/mol. The molecule has 1 fully saturated rings. The summed E-state index contributed by atoms with van der Waals surface area (Å²) in [6.45, 7) is 3.24. The van der Waals surface area contributed by atoms with Gasteiger partial charge in [-0.25, -0.2) is 0 Å². The van der Waals surface area contributed by atoms with Crippen molar-refractivity contribution in [3.05, 3.63) is 58.9 Å². The molecule has 29 heavy (non-hydrogen) atoms. The molecule has 2 aromatic rings. The number of likely N-dealkylation sites (tertiary alicyclic amines) is 1. The molecule has 1 aromatic heterocycles. The van der Waals surface area contributed by atoms with Crippen molar-refractivity contribution < 1.29 is 9.59 Å². The zero-order chi connectivity index (χ0) is 20.6. The summed E-state index contributed by atoms with van der Waals surface area (Å²) >= 11 is 5.89. The highest BCUT2D eigenvalue weighted by Gasteiger charge is 2.22. The van der Waals surface area contributed by atoms with Gasteiger partial charge in [0.25, 0.3) is 0 Å². The third-order valence-electron chi connectivity index (χ3n) is 4.97. The minimum absolute atomic E-state index is 0.226. The lowest BCUT2D eigenvalue weighted by atomic mass is 9.96. The minimum atomic E-state index is -0.807. The Bertz CT molecular complexity index is 905. The number of amides is 2. The van der Waals surface area contributed by atoms with Crippen LogP contribution in [-0.4, -0.2) is 41.3 Å². The highest BCUT2D eigenvalue weighted by molar-refractivity contribution is 6.40. The van der Waals surface area contributed by atoms with Crippen LogP contribution in [0, 0.1) is 17.2 Å². The first kappa shape index (κ1) is 20.8. The van der Waals surface area contributed by atoms with E-state index in [2.05, 4.69) is 20.5 Å². The fraction of sp³-hybridized carbons (Fsp3) is 0.333. The summed E-state index contributed by atoms with van der Waals surface area (Å²) in [7, 11) is 0. The Morgan fingerprint density at radius 3 is 2.59 bits per heavy atom. The molecule has 1 aliphatic rings. The molecular formula is C21H22ClN5O2. The van der Waals surface area contributed by atoms with Crippen molar-refractivity contribution in [2.75, 3.05) is 25.0 Å². The summed E-state index contributed by atoms with van der Waals surface area (Å²) in [6.07, 6.45) is 5.51. The Kier molecular flexibility index (Phi) is 7.17. The summed E-state index contributed by atoms with van der Waals surface area (Å²) in [5.41, 5.74) is 1.71. The number of hydrogen-bond donors (Lipinski definition) is 2. The number of benzene rings is 1. The van der Waals surface area contributed by atoms with E-state index < -0.39 is 11.8 Å². The van der Waals surface area contributed by atoms with Crippen molar-refractivity contribution >= 4 is 29.1 Å². The molecule has 2 N–H and O–H groups in total. The third kappa shape index (κ3) is 6.01. The SMILES string of the molecule is N#Cc1ccc(Cl)cc1NC(=O)C(=O)NCC1CCN(Cc2ccncc2)CC1. The van der Waals surface area contributed by atoms with Crippen molar-refractivity contribution in [2.24, 2.45) is 5.92 Å². The van der Waals surface area contributed by atoms with Crippen LogP contribution in [-0.2, 0) is 16.1 Å². The molecule has 2 heterocycles. The second kappa shape index (κ2) is 10.0. The molecule has 0 bridgehead atoms. The third-order valence-corrected chi connectivity index (χ3v) is 5.21. The quantitative estimate of drug-likeness (QED) is 0.737. The number of piperidine rings is 1. The van der Waals surface area contributed by atoms with E-state index in [0.717, 1.165) is 32.5 Å². The number of anilines is 1. The molecule has 2 amide bonds. The van der Waals surface area contributed by atoms with E-state index in [1.54, 1.807) is 18.5 Å². The van der Waals surface area contributed by atoms with Crippen molar-refractivity contribution in [3.63, 3.8) is 0 Å². The van der Waals surface area contributed by atoms with Crippen molar-refractivity contribution in [2.45, 2.75) is 19.4 Å². The smallest absolute Gasteiger partial charge is 0.313 e. The number of carbonyl (C=O) groups is 2. The van der Waals surface area contributed by atoms with E-state index in [1.807, 2.05) is 18.2 Å². The highest BCUT2D eigenvalue weighted by atomic mass is 35.5. The largest absolute Gasteiger partial charge is 0.348 e. The zero-order valence-electron chi connectivity index (χ0n) is 15.9. The number of carbonyl (C=O) groups excluding carboxylic acids is 2. The molecule has 0 radical (unpaired) electrons. The molecular weight excluding hydrogens is 390 g/mol. The highest BCUT2D eigenvalue weighted by Crippen LogP contribution is 2.21. The van der Waals surface area contributed by atoms with Gasteiger partial charge in [-0.15, -0.1) is 0 Å². The topological polar surface area (TPSA) is 98.1 Å². The number of aromatic nitrogens is 1. The number of halogens is 1. The van der Waals surface area contributed by atoms with E-state index in [9.17, 15) is 9.59 Å². The van der Waals surface area contributed by atoms with Gasteiger partial charge in [-0.3, -0.25) is 19.5 Å². The number of rotatable bonds is 5. The average molecular weight is 412 g/mol. The first-order valence-corrected chi connectivity index (χ1v) is 9.83. The van der Waals surface area contributed by atoms with E-state index in [0.29, 0.717) is 17.5 Å². The average Bonchev–Trinajstić information content (AvgIpc) is 2.74. The molecule has 0 atom stereocenters. The predicted molar refractivity (Wildman–Crippen MR) is 110 cm³/mol. The minimum Gasteiger partial charge on any atom is -0.348 e. The van der Waals surface area contributed by atoms with Crippen LogP contribution in [0.3, 0.4) is 0 Å². The molecule has 1 aromatic carbocycles. The van der Waals surface area contributed by atoms with Crippen LogP contribution in [0.4, 0.5) is 5.69 Å². The number of nitriles is 1. The summed E-state index contributed by atoms with van der Waals surface area (Å²) in [4.78, 5) is 30.7. The Morgan fingerprint density at radius 2 is 1.90 bits per heavy atom. The second-order valence-corrected chi connectivity index (χ2v) is 7.48. The molecule has 7 nitrogen and oxygen atoms in total. The lowest BCUT2D eigenvalue weighted by Crippen LogP contribution is -2.41. The first-order valence-electron chi connectivity index (χ1n) is 9.45. The Labute approximate surface area is 174 Å². The van der Waals surface area contributed by atoms with Gasteiger partial charge in [0.2, 0.25) is 0 Å². The molecule has 8 heteroatoms. The van der Waals surface area contributed by atoms with Crippen LogP contribution >= 0.6 is 11.6 Å². The van der Waals surface area contributed by atoms with Crippen LogP contribution < -0.4 is 10.6 Å². The van der Waals surface area contributed by atoms with Crippen LogP contribution in [0.1, 0.15) is 24.0 Å². The van der Waals surface area contributed by atoms with Crippen LogP contribution in [0.15, 0.2) is 42.7 Å². The lowest BCUT2D eigenvalue weighted by molar-refractivity contribution is -0.136. The van der Waals surface area contributed by atoms with Crippen molar-refractivity contribution in [1.82, 2.24) is 15.2 Å². The summed E-state index contributed by atoms with van der Waals surface area (Å²) < 4.78 is 0. The normalized spacial score (nSPS) is 14.8. The molecule has 3 rings (SSSR count). The standard InChI is InChI=1S/C21H22ClN5O2/c22-18-2-1-17(12-23)19(11-18)26-21(29)20(28)25-13-15-5-9-27(10-6-15)14-16-3-7-24-8-4-16/h1-4,7-8,11,15H,5-6,9-10,13-14H2,(H,25,28)(H,26,29). The lowest BCUT2D eigenvalue weighted by Gasteiger charge is -2.32. The van der Waals surface area contributed by atoms with Gasteiger partial charge in [0.15, 0.2) is 0 Å². The van der Waals surface area contributed by atoms with E-state index >= 15 is 0 Å². The van der Waals surface area contributed by atoms with Gasteiger partial charge in [-0.1, -0.05) is 11.6 Å². The summed E-state index contributed by atoms with van der Waals surface area (Å²) in [5, 5.41) is 14.6. The van der Waals surface area contributed by atoms with Crippen LogP contribution in [0.5, 0.6) is 0 Å². The van der Waals surface area contributed by atoms with Gasteiger partial charge in [0, 0.05) is 30.5 Å². The summed E-state index contributed by atoms with van der Waals surface area (Å²) in [6, 6.07) is 10.5. The van der Waals surface area contributed by atoms with Gasteiger partial charge in [0.05, 0.1) is 11.3 Å². The Balaban J connectivity index is 1.42. The number of nitrogens with zero attached hydrogens (tertiary/aromatic N) is 3. The molecule has 0 spiro atoms. The van der Waals surface area contributed by atoms with Gasteiger partial charge < -0.3 is 10.6 Å². The fourth-order valence-electron chi connectivity index (χ4n) is 3.31. The van der Waals surface area contributed by atoms with Gasteiger partial charge in [-0.05, 0) is 67.7 Å². The number of hydrogen-bond acceptors (Lipinski definition) is 5. The molecule has 1 aliphatic heterocycles. The van der Waals surface area contributed by atoms with E-state index in [4.69, 9.17) is 16.9 Å². The number of nitrogens with one attached hydrogen (secondary N) is 2. The Hall–Kier alpha value is -2.95. The van der Waals surface area contributed by atoms with E-state index in [1.165, 1.54) is 17.7 Å². The predicted octanol–water partition coefficient (Wildman–Crippen LogP) is 2.57. The maximum Gasteiger partial charge on any atom is 0.313 e. The van der Waals surface area contributed by atoms with Gasteiger partial charge >= 0.3 is 11.8 Å².